The summed E-state index contributed by atoms with van der Waals surface area (Å²) < 4.78 is 0. The molecule has 0 aromatic carbocycles. The normalized spacial score (nSPS) is 11.3. The molecule has 1 N–H and O–H groups in total. The fraction of sp³-hybridized carbons (Fsp3) is 0.556. The Hall–Kier alpha value is -1.12. The van der Waals surface area contributed by atoms with Crippen LogP contribution in [0.2, 0.25) is 0 Å². The van der Waals surface area contributed by atoms with Crippen LogP contribution in [0.1, 0.15) is 26.5 Å². The van der Waals surface area contributed by atoms with Gasteiger partial charge in [-0.3, -0.25) is 4.98 Å². The number of rotatable bonds is 1. The molecular weight excluding hydrogens is 150 g/mol. The molecule has 1 aromatic rings. The fourth-order valence-electron chi connectivity index (χ4n) is 1.07. The van der Waals surface area contributed by atoms with E-state index in [2.05, 4.69) is 36.1 Å². The lowest BCUT2D eigenvalue weighted by Crippen LogP contribution is -2.16. The highest BCUT2D eigenvalue weighted by Gasteiger charge is 2.19. The quantitative estimate of drug-likeness (QED) is 0.689. The maximum absolute atomic E-state index is 4.30. The second-order valence-electron chi connectivity index (χ2n) is 3.75. The van der Waals surface area contributed by atoms with Gasteiger partial charge in [0.25, 0.3) is 0 Å². The monoisotopic (exact) mass is 165 g/mol. The van der Waals surface area contributed by atoms with Gasteiger partial charge in [0.05, 0.1) is 5.69 Å². The van der Waals surface area contributed by atoms with Crippen molar-refractivity contribution in [2.75, 3.05) is 12.4 Å². The molecule has 1 heterocycles. The van der Waals surface area contributed by atoms with E-state index in [1.807, 2.05) is 7.05 Å². The second-order valence-corrected chi connectivity index (χ2v) is 3.75. The molecule has 3 heteroatoms. The second kappa shape index (κ2) is 3.09. The van der Waals surface area contributed by atoms with Crippen LogP contribution in [0.3, 0.4) is 0 Å². The van der Waals surface area contributed by atoms with Gasteiger partial charge in [0.15, 0.2) is 0 Å². The first-order chi connectivity index (χ1) is 5.55. The third-order valence-corrected chi connectivity index (χ3v) is 1.65. The highest BCUT2D eigenvalue weighted by atomic mass is 15.0. The predicted octanol–water partition coefficient (Wildman–Crippen LogP) is 1.82. The summed E-state index contributed by atoms with van der Waals surface area (Å²) in [6.45, 7) is 6.37. The zero-order valence-corrected chi connectivity index (χ0v) is 8.05. The van der Waals surface area contributed by atoms with Crippen LogP contribution < -0.4 is 5.32 Å². The van der Waals surface area contributed by atoms with E-state index in [-0.39, 0.29) is 5.41 Å². The lowest BCUT2D eigenvalue weighted by molar-refractivity contribution is 0.568. The number of nitrogens with zero attached hydrogens (tertiary/aromatic N) is 2. The van der Waals surface area contributed by atoms with Gasteiger partial charge in [0.1, 0.15) is 5.82 Å². The first-order valence-corrected chi connectivity index (χ1v) is 4.05. The van der Waals surface area contributed by atoms with E-state index in [1.165, 1.54) is 0 Å². The molecule has 0 bridgehead atoms. The van der Waals surface area contributed by atoms with Gasteiger partial charge in [-0.15, -0.1) is 0 Å². The highest BCUT2D eigenvalue weighted by Crippen LogP contribution is 2.24. The van der Waals surface area contributed by atoms with Crippen LogP contribution >= 0.6 is 0 Å². The molecule has 0 amide bonds. The topological polar surface area (TPSA) is 37.8 Å². The average molecular weight is 165 g/mol. The molecule has 0 fully saturated rings. The predicted molar refractivity (Wildman–Crippen MR) is 50.3 cm³/mol. The zero-order valence-electron chi connectivity index (χ0n) is 8.05. The van der Waals surface area contributed by atoms with Gasteiger partial charge < -0.3 is 5.32 Å². The summed E-state index contributed by atoms with van der Waals surface area (Å²) in [5.74, 6) is 0.866. The molecule has 1 rings (SSSR count). The summed E-state index contributed by atoms with van der Waals surface area (Å²) in [6.07, 6.45) is 3.42. The van der Waals surface area contributed by atoms with Crippen molar-refractivity contribution in [3.8, 4) is 0 Å². The van der Waals surface area contributed by atoms with Gasteiger partial charge in [0, 0.05) is 24.9 Å². The van der Waals surface area contributed by atoms with Crippen LogP contribution in [0.25, 0.3) is 0 Å². The van der Waals surface area contributed by atoms with E-state index in [9.17, 15) is 0 Å². The van der Waals surface area contributed by atoms with Gasteiger partial charge in [0.2, 0.25) is 0 Å². The molecule has 0 aliphatic rings. The van der Waals surface area contributed by atoms with Gasteiger partial charge in [-0.1, -0.05) is 20.8 Å². The van der Waals surface area contributed by atoms with Crippen molar-refractivity contribution in [1.29, 1.82) is 0 Å². The average Bonchev–Trinajstić information content (AvgIpc) is 2.03. The molecule has 0 saturated heterocycles. The Labute approximate surface area is 73.2 Å². The van der Waals surface area contributed by atoms with Gasteiger partial charge in [-0.25, -0.2) is 4.98 Å². The van der Waals surface area contributed by atoms with Crippen LogP contribution in [-0.2, 0) is 5.41 Å². The summed E-state index contributed by atoms with van der Waals surface area (Å²) in [7, 11) is 1.86. The lowest BCUT2D eigenvalue weighted by Gasteiger charge is -2.19. The molecular formula is C9H15N3. The van der Waals surface area contributed by atoms with E-state index in [0.29, 0.717) is 0 Å². The van der Waals surface area contributed by atoms with Crippen molar-refractivity contribution in [1.82, 2.24) is 9.97 Å². The molecule has 0 saturated carbocycles. The Balaban J connectivity index is 3.14. The summed E-state index contributed by atoms with van der Waals surface area (Å²) in [6, 6.07) is 0. The molecule has 0 radical (unpaired) electrons. The molecule has 12 heavy (non-hydrogen) atoms. The van der Waals surface area contributed by atoms with Crippen molar-refractivity contribution in [3.05, 3.63) is 18.1 Å². The fourth-order valence-corrected chi connectivity index (χ4v) is 1.07. The molecule has 3 nitrogen and oxygen atoms in total. The first kappa shape index (κ1) is 8.97. The third-order valence-electron chi connectivity index (χ3n) is 1.65. The van der Waals surface area contributed by atoms with Crippen molar-refractivity contribution in [2.24, 2.45) is 0 Å². The molecule has 1 aromatic heterocycles. The Morgan fingerprint density at radius 3 is 2.17 bits per heavy atom. The van der Waals surface area contributed by atoms with Crippen LogP contribution in [0.4, 0.5) is 5.82 Å². The SMILES string of the molecule is CNc1nccnc1C(C)(C)C. The highest BCUT2D eigenvalue weighted by molar-refractivity contribution is 5.42. The number of nitrogens with one attached hydrogen (secondary N) is 1. The van der Waals surface area contributed by atoms with E-state index < -0.39 is 0 Å². The molecule has 0 unspecified atom stereocenters. The van der Waals surface area contributed by atoms with Crippen molar-refractivity contribution < 1.29 is 0 Å². The Morgan fingerprint density at radius 2 is 1.75 bits per heavy atom. The molecule has 66 valence electrons. The smallest absolute Gasteiger partial charge is 0.148 e. The molecule has 0 aliphatic carbocycles. The number of hydrogen-bond donors (Lipinski definition) is 1. The van der Waals surface area contributed by atoms with E-state index >= 15 is 0 Å². The Kier molecular flexibility index (Phi) is 2.31. The van der Waals surface area contributed by atoms with Crippen molar-refractivity contribution in [3.63, 3.8) is 0 Å². The Morgan fingerprint density at radius 1 is 1.17 bits per heavy atom. The third kappa shape index (κ3) is 1.72. The lowest BCUT2D eigenvalue weighted by atomic mass is 9.92. The zero-order chi connectivity index (χ0) is 9.19. The van der Waals surface area contributed by atoms with Crippen molar-refractivity contribution >= 4 is 5.82 Å². The minimum absolute atomic E-state index is 0.0482. The minimum Gasteiger partial charge on any atom is -0.372 e. The standard InChI is InChI=1S/C9H15N3/c1-9(2,3)7-8(10-4)12-6-5-11-7/h5-6H,1-4H3,(H,10,12). The van der Waals surface area contributed by atoms with Crippen LogP contribution in [0, 0.1) is 0 Å². The van der Waals surface area contributed by atoms with Crippen molar-refractivity contribution in [2.45, 2.75) is 26.2 Å². The largest absolute Gasteiger partial charge is 0.372 e. The van der Waals surface area contributed by atoms with Gasteiger partial charge in [-0.05, 0) is 0 Å². The van der Waals surface area contributed by atoms with E-state index in [0.717, 1.165) is 11.5 Å². The van der Waals surface area contributed by atoms with E-state index in [1.54, 1.807) is 12.4 Å². The summed E-state index contributed by atoms with van der Waals surface area (Å²) in [5.41, 5.74) is 1.06. The number of hydrogen-bond acceptors (Lipinski definition) is 3. The summed E-state index contributed by atoms with van der Waals surface area (Å²) >= 11 is 0. The van der Waals surface area contributed by atoms with Crippen LogP contribution in [0.5, 0.6) is 0 Å². The maximum atomic E-state index is 4.30. The summed E-state index contributed by atoms with van der Waals surface area (Å²) in [4.78, 5) is 8.49. The molecule has 0 atom stereocenters. The molecule has 0 aliphatic heterocycles. The molecule has 0 spiro atoms. The minimum atomic E-state index is 0.0482. The first-order valence-electron chi connectivity index (χ1n) is 4.05. The Bertz CT molecular complexity index is 263. The van der Waals surface area contributed by atoms with Gasteiger partial charge in [-0.2, -0.15) is 0 Å². The summed E-state index contributed by atoms with van der Waals surface area (Å²) in [5, 5.41) is 3.03. The maximum Gasteiger partial charge on any atom is 0.148 e. The van der Waals surface area contributed by atoms with Crippen LogP contribution in [0.15, 0.2) is 12.4 Å². The van der Waals surface area contributed by atoms with E-state index in [4.69, 9.17) is 0 Å². The van der Waals surface area contributed by atoms with Gasteiger partial charge >= 0.3 is 0 Å². The van der Waals surface area contributed by atoms with Crippen LogP contribution in [-0.4, -0.2) is 17.0 Å². The number of aromatic nitrogens is 2. The number of anilines is 1.